The molecule has 0 saturated heterocycles. The Morgan fingerprint density at radius 2 is 1.72 bits per heavy atom. The van der Waals surface area contributed by atoms with Crippen LogP contribution < -0.4 is 10.6 Å². The van der Waals surface area contributed by atoms with Crippen molar-refractivity contribution in [3.05, 3.63) is 70.5 Å². The molecule has 0 bridgehead atoms. The van der Waals surface area contributed by atoms with Crippen LogP contribution in [0.25, 0.3) is 0 Å². The fourth-order valence-electron chi connectivity index (χ4n) is 2.74. The number of carbonyl (C=O) groups excluding carboxylic acids is 4. The van der Waals surface area contributed by atoms with E-state index in [0.717, 1.165) is 11.3 Å². The van der Waals surface area contributed by atoms with Gasteiger partial charge in [0.1, 0.15) is 5.00 Å². The zero-order valence-electron chi connectivity index (χ0n) is 17.3. The summed E-state index contributed by atoms with van der Waals surface area (Å²) in [6.45, 7) is 2.75. The Kier molecular flexibility index (Phi) is 7.40. The van der Waals surface area contributed by atoms with Gasteiger partial charge in [-0.3, -0.25) is 9.59 Å². The molecule has 0 radical (unpaired) electrons. The van der Waals surface area contributed by atoms with E-state index in [0.29, 0.717) is 11.3 Å². The molecule has 0 aliphatic rings. The number of benzene rings is 1. The Bertz CT molecular complexity index is 1120. The van der Waals surface area contributed by atoms with Crippen molar-refractivity contribution in [1.82, 2.24) is 0 Å². The van der Waals surface area contributed by atoms with E-state index >= 15 is 0 Å². The highest BCUT2D eigenvalue weighted by atomic mass is 32.1. The Balaban J connectivity index is 1.78. The van der Waals surface area contributed by atoms with Crippen molar-refractivity contribution in [3.8, 4) is 0 Å². The van der Waals surface area contributed by atoms with Crippen LogP contribution in [-0.4, -0.2) is 37.0 Å². The lowest BCUT2D eigenvalue weighted by Gasteiger charge is -2.07. The van der Waals surface area contributed by atoms with Gasteiger partial charge in [0.15, 0.2) is 6.61 Å². The van der Waals surface area contributed by atoms with E-state index in [1.165, 1.54) is 18.4 Å². The number of ether oxygens (including phenoxy) is 2. The molecule has 2 amide bonds. The maximum Gasteiger partial charge on any atom is 0.374 e. The second kappa shape index (κ2) is 10.4. The molecule has 0 fully saturated rings. The van der Waals surface area contributed by atoms with Crippen LogP contribution in [0.2, 0.25) is 0 Å². The highest BCUT2D eigenvalue weighted by Gasteiger charge is 2.27. The summed E-state index contributed by atoms with van der Waals surface area (Å²) in [5.41, 5.74) is 1.02. The molecule has 2 heterocycles. The minimum Gasteiger partial charge on any atom is -0.462 e. The zero-order valence-corrected chi connectivity index (χ0v) is 18.1. The van der Waals surface area contributed by atoms with E-state index in [-0.39, 0.29) is 27.8 Å². The molecular formula is C22H20N2O7S. The van der Waals surface area contributed by atoms with Crippen LogP contribution in [0.5, 0.6) is 0 Å². The number of hydrogen-bond acceptors (Lipinski definition) is 8. The highest BCUT2D eigenvalue weighted by Crippen LogP contribution is 2.34. The van der Waals surface area contributed by atoms with E-state index in [2.05, 4.69) is 10.6 Å². The third kappa shape index (κ3) is 5.41. The summed E-state index contributed by atoms with van der Waals surface area (Å²) in [5, 5.41) is 5.39. The zero-order chi connectivity index (χ0) is 23.1. The molecule has 3 aromatic rings. The first-order valence-corrected chi connectivity index (χ1v) is 10.4. The molecule has 3 rings (SSSR count). The molecule has 0 unspecified atom stereocenters. The molecule has 9 nitrogen and oxygen atoms in total. The van der Waals surface area contributed by atoms with Crippen molar-refractivity contribution in [2.24, 2.45) is 0 Å². The number of furan rings is 1. The van der Waals surface area contributed by atoms with Gasteiger partial charge in [-0.05, 0) is 43.7 Å². The predicted octanol–water partition coefficient (Wildman–Crippen LogP) is 3.87. The van der Waals surface area contributed by atoms with Crippen LogP contribution in [0.15, 0.2) is 53.1 Å². The minimum atomic E-state index is -0.805. The predicted molar refractivity (Wildman–Crippen MR) is 117 cm³/mol. The summed E-state index contributed by atoms with van der Waals surface area (Å²) in [7, 11) is 0. The van der Waals surface area contributed by atoms with E-state index in [1.54, 1.807) is 38.1 Å². The fraction of sp³-hybridized carbons (Fsp3) is 0.182. The van der Waals surface area contributed by atoms with Crippen molar-refractivity contribution in [3.63, 3.8) is 0 Å². The van der Waals surface area contributed by atoms with Gasteiger partial charge in [-0.15, -0.1) is 11.3 Å². The van der Waals surface area contributed by atoms with Gasteiger partial charge in [-0.25, -0.2) is 9.59 Å². The number of rotatable bonds is 8. The largest absolute Gasteiger partial charge is 0.462 e. The summed E-state index contributed by atoms with van der Waals surface area (Å²) >= 11 is 0.924. The Morgan fingerprint density at radius 1 is 0.969 bits per heavy atom. The molecule has 2 N–H and O–H groups in total. The van der Waals surface area contributed by atoms with Gasteiger partial charge >= 0.3 is 11.9 Å². The van der Waals surface area contributed by atoms with Crippen molar-refractivity contribution in [1.29, 1.82) is 0 Å². The molecule has 32 heavy (non-hydrogen) atoms. The lowest BCUT2D eigenvalue weighted by molar-refractivity contribution is -0.119. The van der Waals surface area contributed by atoms with Crippen molar-refractivity contribution in [2.45, 2.75) is 13.8 Å². The summed E-state index contributed by atoms with van der Waals surface area (Å²) < 4.78 is 14.9. The maximum atomic E-state index is 12.8. The first kappa shape index (κ1) is 22.8. The average Bonchev–Trinajstić information content (AvgIpc) is 3.41. The molecule has 0 spiro atoms. The number of anilines is 2. The lowest BCUT2D eigenvalue weighted by atomic mass is 10.1. The van der Waals surface area contributed by atoms with E-state index in [4.69, 9.17) is 13.9 Å². The number of amides is 2. The van der Waals surface area contributed by atoms with Gasteiger partial charge in [0, 0.05) is 5.69 Å². The molecule has 0 aliphatic carbocycles. The minimum absolute atomic E-state index is 0.0446. The fourth-order valence-corrected chi connectivity index (χ4v) is 3.84. The van der Waals surface area contributed by atoms with Gasteiger partial charge in [0.25, 0.3) is 11.8 Å². The number of hydrogen-bond donors (Lipinski definition) is 2. The number of thiophene rings is 1. The first-order valence-electron chi connectivity index (χ1n) is 9.58. The van der Waals surface area contributed by atoms with Gasteiger partial charge < -0.3 is 24.5 Å². The van der Waals surface area contributed by atoms with E-state index in [1.807, 2.05) is 6.07 Å². The first-order chi connectivity index (χ1) is 15.4. The Labute approximate surface area is 187 Å². The number of carbonyl (C=O) groups is 4. The summed E-state index contributed by atoms with van der Waals surface area (Å²) in [6, 6.07) is 11.7. The second-order valence-corrected chi connectivity index (χ2v) is 7.42. The summed E-state index contributed by atoms with van der Waals surface area (Å²) in [6.07, 6.45) is 1.30. The van der Waals surface area contributed by atoms with Crippen LogP contribution in [0.4, 0.5) is 10.7 Å². The second-order valence-electron chi connectivity index (χ2n) is 6.40. The van der Waals surface area contributed by atoms with Crippen LogP contribution in [-0.2, 0) is 14.3 Å². The summed E-state index contributed by atoms with van der Waals surface area (Å²) in [4.78, 5) is 49.7. The number of para-hydroxylation sites is 1. The van der Waals surface area contributed by atoms with E-state index < -0.39 is 30.4 Å². The molecule has 2 aromatic heterocycles. The quantitative estimate of drug-likeness (QED) is 0.493. The molecule has 0 atom stereocenters. The normalized spacial score (nSPS) is 10.3. The smallest absolute Gasteiger partial charge is 0.374 e. The van der Waals surface area contributed by atoms with Crippen molar-refractivity contribution >= 4 is 45.8 Å². The molecular weight excluding hydrogens is 436 g/mol. The number of esters is 2. The van der Waals surface area contributed by atoms with Crippen LogP contribution in [0.3, 0.4) is 0 Å². The van der Waals surface area contributed by atoms with Gasteiger partial charge in [0.2, 0.25) is 5.76 Å². The van der Waals surface area contributed by atoms with Crippen LogP contribution in [0, 0.1) is 6.92 Å². The molecule has 0 saturated carbocycles. The van der Waals surface area contributed by atoms with Crippen LogP contribution in [0.1, 0.15) is 43.1 Å². The van der Waals surface area contributed by atoms with Crippen molar-refractivity contribution < 1.29 is 33.1 Å². The lowest BCUT2D eigenvalue weighted by Crippen LogP contribution is -2.21. The average molecular weight is 456 g/mol. The molecule has 0 aliphatic heterocycles. The Morgan fingerprint density at radius 3 is 2.38 bits per heavy atom. The van der Waals surface area contributed by atoms with E-state index in [9.17, 15) is 19.2 Å². The van der Waals surface area contributed by atoms with Gasteiger partial charge in [0.05, 0.1) is 23.3 Å². The third-order valence-electron chi connectivity index (χ3n) is 4.17. The molecule has 166 valence electrons. The standard InChI is InChI=1S/C22H20N2O7S/c1-3-29-22(28)17-13(2)18(19(26)23-14-8-5-4-6-9-14)32-20(17)24-16(25)12-31-21(27)15-10-7-11-30-15/h4-11H,3,12H2,1-2H3,(H,23,26)(H,24,25). The van der Waals surface area contributed by atoms with Gasteiger partial charge in [-0.2, -0.15) is 0 Å². The van der Waals surface area contributed by atoms with Crippen LogP contribution >= 0.6 is 11.3 Å². The third-order valence-corrected chi connectivity index (χ3v) is 5.38. The monoisotopic (exact) mass is 456 g/mol. The SMILES string of the molecule is CCOC(=O)c1c(NC(=O)COC(=O)c2ccco2)sc(C(=O)Nc2ccccc2)c1C. The topological polar surface area (TPSA) is 124 Å². The van der Waals surface area contributed by atoms with Crippen molar-refractivity contribution in [2.75, 3.05) is 23.8 Å². The number of nitrogens with one attached hydrogen (secondary N) is 2. The van der Waals surface area contributed by atoms with Gasteiger partial charge in [-0.1, -0.05) is 18.2 Å². The molecule has 10 heteroatoms. The molecule has 1 aromatic carbocycles. The highest BCUT2D eigenvalue weighted by molar-refractivity contribution is 7.19. The maximum absolute atomic E-state index is 12.8. The summed E-state index contributed by atoms with van der Waals surface area (Å²) in [5.74, 6) is -2.65. The Hall–Kier alpha value is -3.92.